The summed E-state index contributed by atoms with van der Waals surface area (Å²) in [5.74, 6) is 0.952. The van der Waals surface area contributed by atoms with E-state index in [9.17, 15) is 0 Å². The van der Waals surface area contributed by atoms with Gasteiger partial charge in [-0.2, -0.15) is 0 Å². The topological polar surface area (TPSA) is 35.2 Å². The summed E-state index contributed by atoms with van der Waals surface area (Å²) < 4.78 is 5.64. The standard InChI is InChI=1S/C14H23NO/c1-2-3-4-5-6-11-16-14-9-7-13(12-15)8-10-14/h7-10H,2-6,11-12,15H2,1H3. The van der Waals surface area contributed by atoms with Gasteiger partial charge in [0, 0.05) is 6.54 Å². The normalized spacial score (nSPS) is 10.4. The molecule has 0 atom stereocenters. The lowest BCUT2D eigenvalue weighted by Gasteiger charge is -2.06. The van der Waals surface area contributed by atoms with Crippen molar-refractivity contribution in [2.45, 2.75) is 45.6 Å². The van der Waals surface area contributed by atoms with Gasteiger partial charge >= 0.3 is 0 Å². The van der Waals surface area contributed by atoms with Crippen molar-refractivity contribution < 1.29 is 4.74 Å². The Bertz CT molecular complexity index is 269. The number of benzene rings is 1. The van der Waals surface area contributed by atoms with E-state index in [1.807, 2.05) is 24.3 Å². The summed E-state index contributed by atoms with van der Waals surface area (Å²) in [6, 6.07) is 8.03. The molecule has 0 amide bonds. The van der Waals surface area contributed by atoms with Crippen molar-refractivity contribution in [2.24, 2.45) is 5.73 Å². The van der Waals surface area contributed by atoms with Gasteiger partial charge in [-0.1, -0.05) is 44.7 Å². The van der Waals surface area contributed by atoms with Crippen molar-refractivity contribution in [3.63, 3.8) is 0 Å². The highest BCUT2D eigenvalue weighted by Crippen LogP contribution is 2.12. The minimum atomic E-state index is 0.595. The molecule has 2 N–H and O–H groups in total. The van der Waals surface area contributed by atoms with Gasteiger partial charge in [-0.3, -0.25) is 0 Å². The Kier molecular flexibility index (Phi) is 6.66. The molecule has 16 heavy (non-hydrogen) atoms. The highest BCUT2D eigenvalue weighted by Gasteiger charge is 1.94. The van der Waals surface area contributed by atoms with Gasteiger partial charge in [0.1, 0.15) is 5.75 Å². The second-order valence-electron chi connectivity index (χ2n) is 4.11. The van der Waals surface area contributed by atoms with Gasteiger partial charge in [0.25, 0.3) is 0 Å². The van der Waals surface area contributed by atoms with Crippen molar-refractivity contribution in [2.75, 3.05) is 6.61 Å². The summed E-state index contributed by atoms with van der Waals surface area (Å²) in [5, 5.41) is 0. The van der Waals surface area contributed by atoms with E-state index in [0.717, 1.165) is 24.3 Å². The Labute approximate surface area is 98.8 Å². The van der Waals surface area contributed by atoms with Crippen molar-refractivity contribution in [1.29, 1.82) is 0 Å². The highest BCUT2D eigenvalue weighted by atomic mass is 16.5. The third-order valence-electron chi connectivity index (χ3n) is 2.68. The van der Waals surface area contributed by atoms with Gasteiger partial charge < -0.3 is 10.5 Å². The second-order valence-corrected chi connectivity index (χ2v) is 4.11. The largest absolute Gasteiger partial charge is 0.494 e. The number of ether oxygens (including phenoxy) is 1. The molecule has 0 aliphatic rings. The van der Waals surface area contributed by atoms with Crippen LogP contribution in [0.4, 0.5) is 0 Å². The zero-order valence-corrected chi connectivity index (χ0v) is 10.2. The van der Waals surface area contributed by atoms with Crippen molar-refractivity contribution in [3.05, 3.63) is 29.8 Å². The van der Waals surface area contributed by atoms with Crippen molar-refractivity contribution >= 4 is 0 Å². The molecule has 0 aromatic heterocycles. The summed E-state index contributed by atoms with van der Waals surface area (Å²) in [7, 11) is 0. The van der Waals surface area contributed by atoms with Crippen LogP contribution < -0.4 is 10.5 Å². The fourth-order valence-electron chi connectivity index (χ4n) is 1.62. The van der Waals surface area contributed by atoms with Crippen LogP contribution in [0.2, 0.25) is 0 Å². The molecule has 0 aliphatic heterocycles. The lowest BCUT2D eigenvalue weighted by atomic mass is 10.2. The summed E-state index contributed by atoms with van der Waals surface area (Å²) in [6.45, 7) is 3.65. The molecule has 90 valence electrons. The Morgan fingerprint density at radius 1 is 1.00 bits per heavy atom. The van der Waals surface area contributed by atoms with Crippen LogP contribution in [-0.2, 0) is 6.54 Å². The van der Waals surface area contributed by atoms with Gasteiger partial charge in [0.2, 0.25) is 0 Å². The molecule has 1 rings (SSSR count). The zero-order chi connectivity index (χ0) is 11.6. The minimum absolute atomic E-state index is 0.595. The molecule has 0 radical (unpaired) electrons. The highest BCUT2D eigenvalue weighted by molar-refractivity contribution is 5.26. The monoisotopic (exact) mass is 221 g/mol. The second kappa shape index (κ2) is 8.17. The first kappa shape index (κ1) is 13.0. The van der Waals surface area contributed by atoms with E-state index in [-0.39, 0.29) is 0 Å². The first-order chi connectivity index (χ1) is 7.86. The van der Waals surface area contributed by atoms with Crippen LogP contribution in [0.3, 0.4) is 0 Å². The molecule has 0 saturated carbocycles. The average molecular weight is 221 g/mol. The molecule has 1 aromatic rings. The Balaban J connectivity index is 2.12. The van der Waals surface area contributed by atoms with Gasteiger partial charge in [-0.15, -0.1) is 0 Å². The molecule has 2 nitrogen and oxygen atoms in total. The van der Waals surface area contributed by atoms with E-state index < -0.39 is 0 Å². The summed E-state index contributed by atoms with van der Waals surface area (Å²) in [4.78, 5) is 0. The lowest BCUT2D eigenvalue weighted by Crippen LogP contribution is -1.99. The fraction of sp³-hybridized carbons (Fsp3) is 0.571. The SMILES string of the molecule is CCCCCCCOc1ccc(CN)cc1. The predicted molar refractivity (Wildman–Crippen MR) is 68.6 cm³/mol. The van der Waals surface area contributed by atoms with Gasteiger partial charge in [-0.25, -0.2) is 0 Å². The van der Waals surface area contributed by atoms with Crippen LogP contribution >= 0.6 is 0 Å². The average Bonchev–Trinajstić information content (AvgIpc) is 2.34. The predicted octanol–water partition coefficient (Wildman–Crippen LogP) is 3.49. The number of hydrogen-bond donors (Lipinski definition) is 1. The Morgan fingerprint density at radius 2 is 1.69 bits per heavy atom. The molecule has 1 aromatic carbocycles. The van der Waals surface area contributed by atoms with Crippen LogP contribution in [-0.4, -0.2) is 6.61 Å². The van der Waals surface area contributed by atoms with Crippen molar-refractivity contribution in [3.8, 4) is 5.75 Å². The Hall–Kier alpha value is -1.02. The van der Waals surface area contributed by atoms with Crippen molar-refractivity contribution in [1.82, 2.24) is 0 Å². The quantitative estimate of drug-likeness (QED) is 0.682. The number of unbranched alkanes of at least 4 members (excludes halogenated alkanes) is 4. The van der Waals surface area contributed by atoms with E-state index in [0.29, 0.717) is 6.54 Å². The van der Waals surface area contributed by atoms with Crippen LogP contribution in [0.5, 0.6) is 5.75 Å². The minimum Gasteiger partial charge on any atom is -0.494 e. The third-order valence-corrected chi connectivity index (χ3v) is 2.68. The van der Waals surface area contributed by atoms with Crippen LogP contribution in [0.15, 0.2) is 24.3 Å². The van der Waals surface area contributed by atoms with E-state index in [1.165, 1.54) is 25.7 Å². The maximum Gasteiger partial charge on any atom is 0.119 e. The van der Waals surface area contributed by atoms with Crippen LogP contribution in [0, 0.1) is 0 Å². The van der Waals surface area contributed by atoms with E-state index in [4.69, 9.17) is 10.5 Å². The molecule has 0 saturated heterocycles. The fourth-order valence-corrected chi connectivity index (χ4v) is 1.62. The molecule has 0 bridgehead atoms. The van der Waals surface area contributed by atoms with Gasteiger partial charge in [-0.05, 0) is 24.1 Å². The lowest BCUT2D eigenvalue weighted by molar-refractivity contribution is 0.304. The number of rotatable bonds is 8. The number of nitrogens with two attached hydrogens (primary N) is 1. The first-order valence-corrected chi connectivity index (χ1v) is 6.28. The third kappa shape index (κ3) is 5.17. The zero-order valence-electron chi connectivity index (χ0n) is 10.2. The van der Waals surface area contributed by atoms with E-state index in [2.05, 4.69) is 6.92 Å². The molecule has 0 fully saturated rings. The van der Waals surface area contributed by atoms with Crippen LogP contribution in [0.1, 0.15) is 44.6 Å². The molecular formula is C14H23NO. The summed E-state index contributed by atoms with van der Waals surface area (Å²) in [6.07, 6.45) is 6.38. The Morgan fingerprint density at radius 3 is 2.31 bits per heavy atom. The summed E-state index contributed by atoms with van der Waals surface area (Å²) in [5.41, 5.74) is 6.68. The van der Waals surface area contributed by atoms with E-state index in [1.54, 1.807) is 0 Å². The molecule has 0 heterocycles. The smallest absolute Gasteiger partial charge is 0.119 e. The molecule has 0 spiro atoms. The number of hydrogen-bond acceptors (Lipinski definition) is 2. The van der Waals surface area contributed by atoms with E-state index >= 15 is 0 Å². The van der Waals surface area contributed by atoms with Crippen LogP contribution in [0.25, 0.3) is 0 Å². The van der Waals surface area contributed by atoms with Gasteiger partial charge in [0.05, 0.1) is 6.61 Å². The van der Waals surface area contributed by atoms with Gasteiger partial charge in [0.15, 0.2) is 0 Å². The maximum atomic E-state index is 5.64. The summed E-state index contributed by atoms with van der Waals surface area (Å²) >= 11 is 0. The molecule has 0 aliphatic carbocycles. The molecular weight excluding hydrogens is 198 g/mol. The maximum absolute atomic E-state index is 5.64. The molecule has 2 heteroatoms. The first-order valence-electron chi connectivity index (χ1n) is 6.28. The molecule has 0 unspecified atom stereocenters.